The summed E-state index contributed by atoms with van der Waals surface area (Å²) in [7, 11) is 4.12. The maximum absolute atomic E-state index is 12.2. The molecule has 9 heteroatoms. The van der Waals surface area contributed by atoms with Crippen molar-refractivity contribution in [2.75, 3.05) is 92.6 Å². The molecule has 0 bridgehead atoms. The number of amides is 2. The van der Waals surface area contributed by atoms with Crippen LogP contribution < -0.4 is 10.6 Å². The Bertz CT molecular complexity index is 720. The van der Waals surface area contributed by atoms with Crippen LogP contribution >= 0.6 is 0 Å². The lowest BCUT2D eigenvalue weighted by molar-refractivity contribution is -0.126. The van der Waals surface area contributed by atoms with Crippen LogP contribution in [0.2, 0.25) is 0 Å². The first-order valence-electron chi connectivity index (χ1n) is 18.6. The minimum atomic E-state index is -0.447. The largest absolute Gasteiger partial charge is 0.444 e. The Morgan fingerprint density at radius 3 is 1.89 bits per heavy atom. The van der Waals surface area contributed by atoms with Crippen LogP contribution in [0.3, 0.4) is 0 Å². The molecule has 0 aliphatic carbocycles. The van der Waals surface area contributed by atoms with Gasteiger partial charge in [-0.2, -0.15) is 0 Å². The van der Waals surface area contributed by atoms with E-state index in [1.807, 2.05) is 52.6 Å². The lowest BCUT2D eigenvalue weighted by Crippen LogP contribution is -2.47. The van der Waals surface area contributed by atoms with E-state index in [9.17, 15) is 9.59 Å². The first-order valence-corrected chi connectivity index (χ1v) is 18.6. The van der Waals surface area contributed by atoms with Crippen LogP contribution in [0.4, 0.5) is 4.79 Å². The van der Waals surface area contributed by atoms with Gasteiger partial charge in [0.2, 0.25) is 5.91 Å². The first-order chi connectivity index (χ1) is 21.9. The Morgan fingerprint density at radius 1 is 0.848 bits per heavy atom. The summed E-state index contributed by atoms with van der Waals surface area (Å²) < 4.78 is 5.26. The van der Waals surface area contributed by atoms with Crippen LogP contribution in [0, 0.1) is 5.92 Å². The third kappa shape index (κ3) is 30.9. The summed E-state index contributed by atoms with van der Waals surface area (Å²) in [6.45, 7) is 30.4. The van der Waals surface area contributed by atoms with E-state index in [2.05, 4.69) is 60.1 Å². The maximum atomic E-state index is 12.2. The van der Waals surface area contributed by atoms with Gasteiger partial charge in [0.05, 0.1) is 0 Å². The van der Waals surface area contributed by atoms with Gasteiger partial charge in [0, 0.05) is 58.4 Å². The highest BCUT2D eigenvalue weighted by Crippen LogP contribution is 2.09. The summed E-state index contributed by atoms with van der Waals surface area (Å²) in [5.74, 6) is 1.00. The maximum Gasteiger partial charge on any atom is 0.407 e. The van der Waals surface area contributed by atoms with Crippen molar-refractivity contribution in [2.24, 2.45) is 5.92 Å². The van der Waals surface area contributed by atoms with Gasteiger partial charge in [0.1, 0.15) is 5.60 Å². The minimum Gasteiger partial charge on any atom is -0.444 e. The second kappa shape index (κ2) is 30.6. The van der Waals surface area contributed by atoms with Crippen molar-refractivity contribution >= 4 is 12.0 Å². The monoisotopic (exact) mass is 655 g/mol. The Balaban J connectivity index is 0. The molecule has 0 spiro atoms. The molecule has 2 amide bonds. The number of likely N-dealkylation sites (N-methyl/N-ethyl adjacent to an activating group) is 1. The molecule has 0 atom stereocenters. The summed E-state index contributed by atoms with van der Waals surface area (Å²) >= 11 is 0. The van der Waals surface area contributed by atoms with E-state index in [-0.39, 0.29) is 12.0 Å². The number of piperidine rings is 1. The van der Waals surface area contributed by atoms with Gasteiger partial charge in [-0.1, -0.05) is 60.5 Å². The van der Waals surface area contributed by atoms with E-state index >= 15 is 0 Å². The second-order valence-electron chi connectivity index (χ2n) is 13.9. The number of ether oxygens (including phenoxy) is 1. The number of nitrogens with one attached hydrogen (secondary N) is 2. The quantitative estimate of drug-likeness (QED) is 0.154. The van der Waals surface area contributed by atoms with Gasteiger partial charge >= 0.3 is 6.09 Å². The van der Waals surface area contributed by atoms with E-state index < -0.39 is 5.60 Å². The normalized spacial score (nSPS) is 15.8. The van der Waals surface area contributed by atoms with Crippen molar-refractivity contribution < 1.29 is 14.3 Å². The van der Waals surface area contributed by atoms with Crippen LogP contribution in [0.1, 0.15) is 114 Å². The van der Waals surface area contributed by atoms with Gasteiger partial charge in [-0.05, 0) is 105 Å². The number of alkyl carbamates (subject to hydrolysis) is 1. The molecular formula is C37H78N6O3. The zero-order valence-electron chi connectivity index (χ0n) is 32.4. The molecule has 0 aromatic rings. The summed E-state index contributed by atoms with van der Waals surface area (Å²) in [4.78, 5) is 33.1. The molecule has 2 rings (SSSR count). The smallest absolute Gasteiger partial charge is 0.407 e. The first kappa shape index (κ1) is 46.4. The van der Waals surface area contributed by atoms with Gasteiger partial charge in [-0.15, -0.1) is 0 Å². The van der Waals surface area contributed by atoms with Crippen molar-refractivity contribution in [1.82, 2.24) is 30.2 Å². The van der Waals surface area contributed by atoms with E-state index in [1.54, 1.807) is 6.08 Å². The molecule has 2 fully saturated rings. The lowest BCUT2D eigenvalue weighted by atomic mass is 10.1. The van der Waals surface area contributed by atoms with Crippen LogP contribution in [-0.2, 0) is 9.53 Å². The van der Waals surface area contributed by atoms with Crippen molar-refractivity contribution in [2.45, 2.75) is 119 Å². The molecule has 0 aromatic carbocycles. The fourth-order valence-corrected chi connectivity index (χ4v) is 4.80. The predicted molar refractivity (Wildman–Crippen MR) is 199 cm³/mol. The SMILES string of the molecule is CC.CC(C)C.CCCCCNC.CN(C/C=C/C(=O)N1CCCCC1)CCCN1CCN(CCCNC(=O)OC(C)(C)C)CC1. The summed E-state index contributed by atoms with van der Waals surface area (Å²) in [5.41, 5.74) is -0.447. The Labute approximate surface area is 286 Å². The van der Waals surface area contributed by atoms with Crippen molar-refractivity contribution in [3.05, 3.63) is 12.2 Å². The van der Waals surface area contributed by atoms with Gasteiger partial charge in [-0.3, -0.25) is 4.79 Å². The third-order valence-corrected chi connectivity index (χ3v) is 7.17. The molecule has 0 saturated carbocycles. The van der Waals surface area contributed by atoms with Gasteiger partial charge in [0.15, 0.2) is 0 Å². The standard InChI is InChI=1S/C25H47N5O3.C6H15N.C4H10.C2H6/c1-25(2,3)33-24(32)26-12-9-15-28-19-21-29(22-20-28)16-10-14-27(4)13-8-11-23(31)30-17-6-5-7-18-30;1-3-4-5-6-7-2;1-4(2)3;1-2/h8,11H,5-7,9-10,12-22H2,1-4H3,(H,26,32);7H,3-6H2,1-2H3;4H,1-3H3;1-2H3/b11-8+;;;. The van der Waals surface area contributed by atoms with Crippen molar-refractivity contribution in [1.29, 1.82) is 0 Å². The zero-order valence-corrected chi connectivity index (χ0v) is 32.4. The molecular weight excluding hydrogens is 576 g/mol. The van der Waals surface area contributed by atoms with E-state index in [0.29, 0.717) is 6.54 Å². The molecule has 2 aliphatic rings. The average Bonchev–Trinajstić information content (AvgIpc) is 3.01. The highest BCUT2D eigenvalue weighted by molar-refractivity contribution is 5.87. The summed E-state index contributed by atoms with van der Waals surface area (Å²) in [6.07, 6.45) is 13.0. The highest BCUT2D eigenvalue weighted by atomic mass is 16.6. The number of carbonyl (C=O) groups excluding carboxylic acids is 2. The van der Waals surface area contributed by atoms with E-state index in [0.717, 1.165) is 97.0 Å². The molecule has 2 aliphatic heterocycles. The molecule has 9 nitrogen and oxygen atoms in total. The number of unbranched alkanes of at least 4 members (excludes halogenated alkanes) is 2. The number of nitrogens with zero attached hydrogens (tertiary/aromatic N) is 4. The summed E-state index contributed by atoms with van der Waals surface area (Å²) in [6, 6.07) is 0. The fraction of sp³-hybridized carbons (Fsp3) is 0.892. The number of carbonyl (C=O) groups is 2. The van der Waals surface area contributed by atoms with Gasteiger partial charge < -0.3 is 35.0 Å². The molecule has 46 heavy (non-hydrogen) atoms. The lowest BCUT2D eigenvalue weighted by Gasteiger charge is -2.35. The minimum absolute atomic E-state index is 0.168. The number of rotatable bonds is 15. The molecule has 0 radical (unpaired) electrons. The second-order valence-corrected chi connectivity index (χ2v) is 13.9. The third-order valence-electron chi connectivity index (χ3n) is 7.17. The van der Waals surface area contributed by atoms with Crippen molar-refractivity contribution in [3.8, 4) is 0 Å². The van der Waals surface area contributed by atoms with Gasteiger partial charge in [0.25, 0.3) is 0 Å². The highest BCUT2D eigenvalue weighted by Gasteiger charge is 2.18. The Morgan fingerprint density at radius 2 is 1.39 bits per heavy atom. The molecule has 274 valence electrons. The number of likely N-dealkylation sites (tertiary alicyclic amines) is 1. The Kier molecular flexibility index (Phi) is 30.9. The molecule has 0 aromatic heterocycles. The molecule has 0 unspecified atom stereocenters. The molecule has 2 heterocycles. The van der Waals surface area contributed by atoms with Crippen LogP contribution in [0.5, 0.6) is 0 Å². The topological polar surface area (TPSA) is 80.4 Å². The van der Waals surface area contributed by atoms with Crippen molar-refractivity contribution in [3.63, 3.8) is 0 Å². The predicted octanol–water partition coefficient (Wildman–Crippen LogP) is 6.49. The van der Waals surface area contributed by atoms with Crippen LogP contribution in [0.25, 0.3) is 0 Å². The number of hydrogen-bond donors (Lipinski definition) is 2. The van der Waals surface area contributed by atoms with Gasteiger partial charge in [-0.25, -0.2) is 4.79 Å². The molecule has 2 N–H and O–H groups in total. The number of piperazine rings is 1. The van der Waals surface area contributed by atoms with E-state index in [4.69, 9.17) is 4.74 Å². The fourth-order valence-electron chi connectivity index (χ4n) is 4.80. The number of hydrogen-bond acceptors (Lipinski definition) is 7. The van der Waals surface area contributed by atoms with Crippen LogP contribution in [-0.4, -0.2) is 130 Å². The average molecular weight is 655 g/mol. The summed E-state index contributed by atoms with van der Waals surface area (Å²) in [5, 5.41) is 5.94. The zero-order chi connectivity index (χ0) is 35.2. The molecule has 2 saturated heterocycles. The van der Waals surface area contributed by atoms with E-state index in [1.165, 1.54) is 32.2 Å². The van der Waals surface area contributed by atoms with Crippen LogP contribution in [0.15, 0.2) is 12.2 Å². The Hall–Kier alpha value is -1.68.